The van der Waals surface area contributed by atoms with Gasteiger partial charge in [0.2, 0.25) is 5.91 Å². The zero-order valence-corrected chi connectivity index (χ0v) is 14.7. The lowest BCUT2D eigenvalue weighted by molar-refractivity contribution is -0.114. The van der Waals surface area contributed by atoms with Crippen molar-refractivity contribution in [2.24, 2.45) is 0 Å². The Hall–Kier alpha value is -2.60. The smallest absolute Gasteiger partial charge is 0.291 e. The first kappa shape index (κ1) is 16.3. The highest BCUT2D eigenvalue weighted by atomic mass is 79.9. The van der Waals surface area contributed by atoms with Crippen molar-refractivity contribution in [3.8, 4) is 0 Å². The van der Waals surface area contributed by atoms with Gasteiger partial charge in [0.25, 0.3) is 5.91 Å². The fraction of sp³-hybridized carbons (Fsp3) is 0.111. The van der Waals surface area contributed by atoms with E-state index in [1.54, 1.807) is 18.2 Å². The Balaban J connectivity index is 1.95. The Kier molecular flexibility index (Phi) is 4.40. The standard InChI is InChI=1S/C18H15BrN2O3/c1-10-13-5-3-4-6-16(13)24-17(10)18(23)21-15-9-12(19)7-8-14(15)20-11(2)22/h3-9H,1-2H3,(H,20,22)(H,21,23). The number of nitrogens with one attached hydrogen (secondary N) is 2. The first-order valence-electron chi connectivity index (χ1n) is 7.32. The van der Waals surface area contributed by atoms with Crippen LogP contribution in [0.25, 0.3) is 11.0 Å². The summed E-state index contributed by atoms with van der Waals surface area (Å²) < 4.78 is 6.46. The summed E-state index contributed by atoms with van der Waals surface area (Å²) in [6, 6.07) is 12.7. The second-order valence-electron chi connectivity index (χ2n) is 5.38. The number of carbonyl (C=O) groups is 2. The molecule has 0 saturated heterocycles. The van der Waals surface area contributed by atoms with E-state index in [4.69, 9.17) is 4.42 Å². The Morgan fingerprint density at radius 1 is 1.04 bits per heavy atom. The monoisotopic (exact) mass is 386 g/mol. The Labute approximate surface area is 147 Å². The molecule has 1 aromatic heterocycles. The molecular formula is C18H15BrN2O3. The minimum absolute atomic E-state index is 0.215. The zero-order chi connectivity index (χ0) is 17.3. The van der Waals surface area contributed by atoms with Crippen molar-refractivity contribution < 1.29 is 14.0 Å². The number of rotatable bonds is 3. The van der Waals surface area contributed by atoms with Crippen molar-refractivity contribution in [3.63, 3.8) is 0 Å². The molecule has 3 aromatic rings. The van der Waals surface area contributed by atoms with E-state index in [1.807, 2.05) is 31.2 Å². The predicted molar refractivity (Wildman–Crippen MR) is 97.3 cm³/mol. The third-order valence-corrected chi connectivity index (χ3v) is 4.08. The van der Waals surface area contributed by atoms with Crippen LogP contribution >= 0.6 is 15.9 Å². The summed E-state index contributed by atoms with van der Waals surface area (Å²) in [4.78, 5) is 23.9. The van der Waals surface area contributed by atoms with Crippen LogP contribution in [0.1, 0.15) is 23.0 Å². The van der Waals surface area contributed by atoms with E-state index < -0.39 is 0 Å². The van der Waals surface area contributed by atoms with Gasteiger partial charge in [-0.1, -0.05) is 34.1 Å². The minimum atomic E-state index is -0.367. The van der Waals surface area contributed by atoms with E-state index in [2.05, 4.69) is 26.6 Å². The maximum Gasteiger partial charge on any atom is 0.291 e. The number of amides is 2. The van der Waals surface area contributed by atoms with Gasteiger partial charge in [0.1, 0.15) is 5.58 Å². The molecule has 2 aromatic carbocycles. The maximum absolute atomic E-state index is 12.6. The lowest BCUT2D eigenvalue weighted by atomic mass is 10.1. The summed E-state index contributed by atoms with van der Waals surface area (Å²) in [6.45, 7) is 3.26. The lowest BCUT2D eigenvalue weighted by Gasteiger charge is -2.11. The molecule has 0 bridgehead atoms. The van der Waals surface area contributed by atoms with Crippen LogP contribution in [-0.2, 0) is 4.79 Å². The zero-order valence-electron chi connectivity index (χ0n) is 13.1. The molecule has 2 N–H and O–H groups in total. The Morgan fingerprint density at radius 3 is 2.50 bits per heavy atom. The quantitative estimate of drug-likeness (QED) is 0.684. The highest BCUT2D eigenvalue weighted by Crippen LogP contribution is 2.29. The number of carbonyl (C=O) groups excluding carboxylic acids is 2. The number of hydrogen-bond donors (Lipinski definition) is 2. The molecule has 24 heavy (non-hydrogen) atoms. The van der Waals surface area contributed by atoms with Crippen LogP contribution in [0, 0.1) is 6.92 Å². The SMILES string of the molecule is CC(=O)Nc1ccc(Br)cc1NC(=O)c1oc2ccccc2c1C. The van der Waals surface area contributed by atoms with Crippen LogP contribution in [-0.4, -0.2) is 11.8 Å². The topological polar surface area (TPSA) is 71.3 Å². The van der Waals surface area contributed by atoms with Crippen LogP contribution in [0.2, 0.25) is 0 Å². The van der Waals surface area contributed by atoms with E-state index in [0.29, 0.717) is 17.0 Å². The van der Waals surface area contributed by atoms with Gasteiger partial charge in [0, 0.05) is 22.3 Å². The fourth-order valence-corrected chi connectivity index (χ4v) is 2.85. The number of aryl methyl sites for hydroxylation is 1. The molecule has 122 valence electrons. The van der Waals surface area contributed by atoms with Crippen LogP contribution in [0.5, 0.6) is 0 Å². The first-order valence-corrected chi connectivity index (χ1v) is 8.11. The molecular weight excluding hydrogens is 372 g/mol. The predicted octanol–water partition coefficient (Wildman–Crippen LogP) is 4.71. The van der Waals surface area contributed by atoms with Gasteiger partial charge in [-0.15, -0.1) is 0 Å². The van der Waals surface area contributed by atoms with Gasteiger partial charge >= 0.3 is 0 Å². The second-order valence-corrected chi connectivity index (χ2v) is 6.29. The van der Waals surface area contributed by atoms with Gasteiger partial charge in [0.15, 0.2) is 5.76 Å². The molecule has 6 heteroatoms. The largest absolute Gasteiger partial charge is 0.451 e. The third kappa shape index (κ3) is 3.19. The summed E-state index contributed by atoms with van der Waals surface area (Å²) >= 11 is 3.36. The molecule has 0 unspecified atom stereocenters. The minimum Gasteiger partial charge on any atom is -0.451 e. The van der Waals surface area contributed by atoms with Gasteiger partial charge < -0.3 is 15.1 Å². The molecule has 1 heterocycles. The van der Waals surface area contributed by atoms with Gasteiger partial charge in [-0.25, -0.2) is 0 Å². The average molecular weight is 387 g/mol. The molecule has 0 aliphatic carbocycles. The van der Waals surface area contributed by atoms with Gasteiger partial charge in [-0.2, -0.15) is 0 Å². The molecule has 0 atom stereocenters. The maximum atomic E-state index is 12.6. The molecule has 0 spiro atoms. The van der Waals surface area contributed by atoms with Crippen LogP contribution in [0.15, 0.2) is 51.4 Å². The second kappa shape index (κ2) is 6.49. The van der Waals surface area contributed by atoms with Crippen LogP contribution < -0.4 is 10.6 Å². The Morgan fingerprint density at radius 2 is 1.79 bits per heavy atom. The van der Waals surface area contributed by atoms with E-state index in [1.165, 1.54) is 6.92 Å². The summed E-state index contributed by atoms with van der Waals surface area (Å²) in [6.07, 6.45) is 0. The van der Waals surface area contributed by atoms with Crippen molar-refractivity contribution in [3.05, 3.63) is 58.3 Å². The first-order chi connectivity index (χ1) is 11.5. The van der Waals surface area contributed by atoms with Crippen molar-refractivity contribution in [2.45, 2.75) is 13.8 Å². The molecule has 0 aliphatic heterocycles. The molecule has 0 fully saturated rings. The van der Waals surface area contributed by atoms with Crippen molar-refractivity contribution in [2.75, 3.05) is 10.6 Å². The van der Waals surface area contributed by atoms with Crippen molar-refractivity contribution in [1.29, 1.82) is 0 Å². The number of hydrogen-bond acceptors (Lipinski definition) is 3. The summed E-state index contributed by atoms with van der Waals surface area (Å²) in [5, 5.41) is 6.39. The molecule has 3 rings (SSSR count). The molecule has 2 amide bonds. The van der Waals surface area contributed by atoms with E-state index in [-0.39, 0.29) is 17.6 Å². The van der Waals surface area contributed by atoms with Gasteiger partial charge in [0.05, 0.1) is 11.4 Å². The highest BCUT2D eigenvalue weighted by molar-refractivity contribution is 9.10. The average Bonchev–Trinajstić information content (AvgIpc) is 2.87. The van der Waals surface area contributed by atoms with E-state index in [9.17, 15) is 9.59 Å². The molecule has 0 radical (unpaired) electrons. The number of halogens is 1. The Bertz CT molecular complexity index is 947. The molecule has 0 aliphatic rings. The summed E-state index contributed by atoms with van der Waals surface area (Å²) in [5.74, 6) is -0.328. The summed E-state index contributed by atoms with van der Waals surface area (Å²) in [7, 11) is 0. The van der Waals surface area contributed by atoms with Gasteiger partial charge in [-0.05, 0) is 31.2 Å². The van der Waals surface area contributed by atoms with E-state index in [0.717, 1.165) is 15.4 Å². The normalized spacial score (nSPS) is 10.6. The molecule has 5 nitrogen and oxygen atoms in total. The number of para-hydroxylation sites is 1. The van der Waals surface area contributed by atoms with Crippen LogP contribution in [0.3, 0.4) is 0 Å². The number of fused-ring (bicyclic) bond motifs is 1. The number of furan rings is 1. The van der Waals surface area contributed by atoms with Gasteiger partial charge in [-0.3, -0.25) is 9.59 Å². The number of benzene rings is 2. The highest BCUT2D eigenvalue weighted by Gasteiger charge is 2.18. The van der Waals surface area contributed by atoms with E-state index >= 15 is 0 Å². The third-order valence-electron chi connectivity index (χ3n) is 3.59. The number of anilines is 2. The summed E-state index contributed by atoms with van der Waals surface area (Å²) in [5.41, 5.74) is 2.45. The van der Waals surface area contributed by atoms with Crippen LogP contribution in [0.4, 0.5) is 11.4 Å². The molecule has 0 saturated carbocycles. The van der Waals surface area contributed by atoms with Crippen molar-refractivity contribution >= 4 is 50.1 Å². The lowest BCUT2D eigenvalue weighted by Crippen LogP contribution is -2.15. The van der Waals surface area contributed by atoms with Crippen molar-refractivity contribution in [1.82, 2.24) is 0 Å². The fourth-order valence-electron chi connectivity index (χ4n) is 2.49.